The third kappa shape index (κ3) is 2.87. The lowest BCUT2D eigenvalue weighted by atomic mass is 9.81. The van der Waals surface area contributed by atoms with Crippen LogP contribution in [0.4, 0.5) is 0 Å². The van der Waals surface area contributed by atoms with Crippen molar-refractivity contribution in [1.82, 2.24) is 4.90 Å². The van der Waals surface area contributed by atoms with Gasteiger partial charge in [0.05, 0.1) is 0 Å². The first-order valence-electron chi connectivity index (χ1n) is 7.78. The molecule has 3 fully saturated rings. The number of amides is 1. The summed E-state index contributed by atoms with van der Waals surface area (Å²) in [5, 5.41) is 0. The molecule has 0 heterocycles. The molecule has 0 spiro atoms. The zero-order valence-corrected chi connectivity index (χ0v) is 11.3. The van der Waals surface area contributed by atoms with Crippen molar-refractivity contribution in [3.63, 3.8) is 0 Å². The molecule has 3 aliphatic carbocycles. The molecule has 0 aliphatic heterocycles. The van der Waals surface area contributed by atoms with Crippen molar-refractivity contribution in [2.75, 3.05) is 13.1 Å². The highest BCUT2D eigenvalue weighted by atomic mass is 16.2. The Hall–Kier alpha value is -0.570. The number of carbonyl (C=O) groups excluding carboxylic acids is 1. The summed E-state index contributed by atoms with van der Waals surface area (Å²) in [5.41, 5.74) is 5.72. The Bertz CT molecular complexity index is 302. The van der Waals surface area contributed by atoms with Crippen LogP contribution in [0.15, 0.2) is 0 Å². The second-order valence-electron chi connectivity index (χ2n) is 6.62. The van der Waals surface area contributed by atoms with E-state index in [1.165, 1.54) is 25.7 Å². The molecule has 0 aromatic heterocycles. The van der Waals surface area contributed by atoms with Crippen LogP contribution in [0.2, 0.25) is 0 Å². The van der Waals surface area contributed by atoms with E-state index in [1.54, 1.807) is 0 Å². The van der Waals surface area contributed by atoms with Crippen molar-refractivity contribution in [3.8, 4) is 0 Å². The molecule has 0 atom stereocenters. The van der Waals surface area contributed by atoms with Gasteiger partial charge in [-0.3, -0.25) is 4.79 Å². The van der Waals surface area contributed by atoms with Crippen molar-refractivity contribution in [3.05, 3.63) is 0 Å². The van der Waals surface area contributed by atoms with E-state index in [0.717, 1.165) is 44.7 Å². The number of nitrogens with zero attached hydrogens (tertiary/aromatic N) is 1. The second-order valence-corrected chi connectivity index (χ2v) is 6.62. The number of hydrogen-bond acceptors (Lipinski definition) is 2. The molecule has 0 radical (unpaired) electrons. The largest absolute Gasteiger partial charge is 0.339 e. The molecule has 3 rings (SSSR count). The summed E-state index contributed by atoms with van der Waals surface area (Å²) in [6.45, 7) is 1.86. The Kier molecular flexibility index (Phi) is 3.60. The normalized spacial score (nSPS) is 32.3. The van der Waals surface area contributed by atoms with Crippen LogP contribution in [0.1, 0.15) is 51.4 Å². The molecular formula is C15H26N2O. The first-order valence-corrected chi connectivity index (χ1v) is 7.78. The fourth-order valence-corrected chi connectivity index (χ4v) is 3.26. The second kappa shape index (κ2) is 5.20. The lowest BCUT2D eigenvalue weighted by Crippen LogP contribution is -2.40. The monoisotopic (exact) mass is 250 g/mol. The molecule has 3 aliphatic rings. The minimum absolute atomic E-state index is 0.312. The van der Waals surface area contributed by atoms with Gasteiger partial charge in [-0.2, -0.15) is 0 Å². The van der Waals surface area contributed by atoms with Crippen molar-refractivity contribution < 1.29 is 4.79 Å². The van der Waals surface area contributed by atoms with Crippen LogP contribution in [0.5, 0.6) is 0 Å². The Morgan fingerprint density at radius 2 is 1.56 bits per heavy atom. The van der Waals surface area contributed by atoms with Gasteiger partial charge in [-0.15, -0.1) is 0 Å². The topological polar surface area (TPSA) is 46.3 Å². The number of nitrogens with two attached hydrogens (primary N) is 1. The quantitative estimate of drug-likeness (QED) is 0.812. The molecule has 0 aromatic carbocycles. The molecule has 2 N–H and O–H groups in total. The van der Waals surface area contributed by atoms with Crippen LogP contribution in [0, 0.1) is 17.8 Å². The highest BCUT2D eigenvalue weighted by Crippen LogP contribution is 2.37. The fourth-order valence-electron chi connectivity index (χ4n) is 3.26. The van der Waals surface area contributed by atoms with Gasteiger partial charge in [0.15, 0.2) is 0 Å². The summed E-state index contributed by atoms with van der Waals surface area (Å²) in [4.78, 5) is 14.9. The zero-order valence-electron chi connectivity index (χ0n) is 11.3. The molecule has 3 saturated carbocycles. The average Bonchev–Trinajstić information content (AvgIpc) is 3.28. The van der Waals surface area contributed by atoms with Gasteiger partial charge in [-0.1, -0.05) is 0 Å². The van der Waals surface area contributed by atoms with E-state index in [4.69, 9.17) is 5.73 Å². The van der Waals surface area contributed by atoms with Crippen LogP contribution in [-0.4, -0.2) is 29.9 Å². The maximum atomic E-state index is 12.6. The molecule has 18 heavy (non-hydrogen) atoms. The molecule has 3 nitrogen and oxygen atoms in total. The van der Waals surface area contributed by atoms with Crippen molar-refractivity contribution in [2.45, 2.75) is 57.4 Å². The summed E-state index contributed by atoms with van der Waals surface area (Å²) in [6, 6.07) is 0.602. The van der Waals surface area contributed by atoms with Crippen LogP contribution in [0.25, 0.3) is 0 Å². The predicted octanol–water partition coefficient (Wildman–Crippen LogP) is 2.15. The first kappa shape index (κ1) is 12.5. The summed E-state index contributed by atoms with van der Waals surface area (Å²) < 4.78 is 0. The standard InChI is InChI=1S/C15H26N2O/c16-9-11-3-5-13(6-4-11)15(18)17(14-7-8-14)10-12-1-2-12/h11-14H,1-10,16H2. The average molecular weight is 250 g/mol. The fraction of sp³-hybridized carbons (Fsp3) is 0.933. The zero-order chi connectivity index (χ0) is 12.5. The Morgan fingerprint density at radius 1 is 0.944 bits per heavy atom. The minimum atomic E-state index is 0.312. The van der Waals surface area contributed by atoms with Gasteiger partial charge < -0.3 is 10.6 Å². The van der Waals surface area contributed by atoms with Gasteiger partial charge >= 0.3 is 0 Å². The van der Waals surface area contributed by atoms with Gasteiger partial charge in [-0.05, 0) is 69.7 Å². The third-order valence-corrected chi connectivity index (χ3v) is 4.95. The molecule has 3 heteroatoms. The molecular weight excluding hydrogens is 224 g/mol. The van der Waals surface area contributed by atoms with E-state index in [2.05, 4.69) is 4.90 Å². The number of carbonyl (C=O) groups is 1. The Morgan fingerprint density at radius 3 is 2.06 bits per heavy atom. The summed E-state index contributed by atoms with van der Waals surface area (Å²) in [7, 11) is 0. The molecule has 102 valence electrons. The van der Waals surface area contributed by atoms with E-state index in [0.29, 0.717) is 23.8 Å². The number of rotatable bonds is 5. The molecule has 0 aromatic rings. The molecule has 0 bridgehead atoms. The smallest absolute Gasteiger partial charge is 0.225 e. The lowest BCUT2D eigenvalue weighted by molar-refractivity contribution is -0.137. The summed E-state index contributed by atoms with van der Waals surface area (Å²) in [5.74, 6) is 2.29. The highest BCUT2D eigenvalue weighted by Gasteiger charge is 2.39. The SMILES string of the molecule is NCC1CCC(C(=O)N(CC2CC2)C2CC2)CC1. The molecule has 0 unspecified atom stereocenters. The first-order chi connectivity index (χ1) is 8.78. The van der Waals surface area contributed by atoms with Crippen molar-refractivity contribution >= 4 is 5.91 Å². The molecule has 0 saturated heterocycles. The van der Waals surface area contributed by atoms with Crippen LogP contribution in [-0.2, 0) is 4.79 Å². The van der Waals surface area contributed by atoms with E-state index in [9.17, 15) is 4.79 Å². The summed E-state index contributed by atoms with van der Waals surface area (Å²) >= 11 is 0. The minimum Gasteiger partial charge on any atom is -0.339 e. The predicted molar refractivity (Wildman–Crippen MR) is 72.0 cm³/mol. The van der Waals surface area contributed by atoms with Gasteiger partial charge in [0.25, 0.3) is 0 Å². The van der Waals surface area contributed by atoms with E-state index in [-0.39, 0.29) is 0 Å². The Labute approximate surface area is 110 Å². The van der Waals surface area contributed by atoms with Crippen LogP contribution >= 0.6 is 0 Å². The maximum absolute atomic E-state index is 12.6. The van der Waals surface area contributed by atoms with E-state index < -0.39 is 0 Å². The molecule has 1 amide bonds. The van der Waals surface area contributed by atoms with E-state index in [1.807, 2.05) is 0 Å². The highest BCUT2D eigenvalue weighted by molar-refractivity contribution is 5.79. The van der Waals surface area contributed by atoms with Gasteiger partial charge in [0, 0.05) is 18.5 Å². The van der Waals surface area contributed by atoms with Crippen LogP contribution < -0.4 is 5.73 Å². The van der Waals surface area contributed by atoms with Gasteiger partial charge in [0.2, 0.25) is 5.91 Å². The third-order valence-electron chi connectivity index (χ3n) is 4.95. The van der Waals surface area contributed by atoms with E-state index >= 15 is 0 Å². The van der Waals surface area contributed by atoms with Crippen molar-refractivity contribution in [1.29, 1.82) is 0 Å². The summed E-state index contributed by atoms with van der Waals surface area (Å²) in [6.07, 6.45) is 9.66. The van der Waals surface area contributed by atoms with Crippen LogP contribution in [0.3, 0.4) is 0 Å². The van der Waals surface area contributed by atoms with Gasteiger partial charge in [-0.25, -0.2) is 0 Å². The van der Waals surface area contributed by atoms with Gasteiger partial charge in [0.1, 0.15) is 0 Å². The maximum Gasteiger partial charge on any atom is 0.225 e. The number of hydrogen-bond donors (Lipinski definition) is 1. The Balaban J connectivity index is 1.54. The van der Waals surface area contributed by atoms with Crippen molar-refractivity contribution in [2.24, 2.45) is 23.5 Å². The lowest BCUT2D eigenvalue weighted by Gasteiger charge is -2.32.